The first-order valence-electron chi connectivity index (χ1n) is 9.92. The van der Waals surface area contributed by atoms with Crippen molar-refractivity contribution >= 4 is 28.0 Å². The summed E-state index contributed by atoms with van der Waals surface area (Å²) in [4.78, 5) is 38.0. The van der Waals surface area contributed by atoms with E-state index in [-0.39, 0.29) is 15.9 Å². The zero-order valence-electron chi connectivity index (χ0n) is 17.8. The lowest BCUT2D eigenvalue weighted by atomic mass is 10.1. The average Bonchev–Trinajstić information content (AvgIpc) is 2.69. The van der Waals surface area contributed by atoms with Crippen molar-refractivity contribution in [3.63, 3.8) is 0 Å². The molecule has 1 aliphatic rings. The Labute approximate surface area is 191 Å². The first-order chi connectivity index (χ1) is 14.9. The fraction of sp³-hybridized carbons (Fsp3) is 0.429. The number of hydrogen-bond acceptors (Lipinski definition) is 6. The molecule has 1 saturated heterocycles. The first kappa shape index (κ1) is 23.7. The molecule has 1 aromatic heterocycles. The molecule has 0 unspecified atom stereocenters. The van der Waals surface area contributed by atoms with Gasteiger partial charge < -0.3 is 19.5 Å². The molecule has 2 aromatic rings. The number of likely N-dealkylation sites (tertiary alicyclic amines) is 1. The maximum atomic E-state index is 13.9. The minimum absolute atomic E-state index is 0.0791. The van der Waals surface area contributed by atoms with Gasteiger partial charge in [-0.2, -0.15) is 9.78 Å². The highest BCUT2D eigenvalue weighted by Crippen LogP contribution is 2.23. The number of nitrogens with zero attached hydrogens (tertiary/aromatic N) is 3. The highest BCUT2D eigenvalue weighted by atomic mass is 79.9. The summed E-state index contributed by atoms with van der Waals surface area (Å²) >= 11 is 3.02. The van der Waals surface area contributed by atoms with Gasteiger partial charge in [-0.05, 0) is 48.8 Å². The van der Waals surface area contributed by atoms with Gasteiger partial charge in [-0.15, -0.1) is 0 Å². The molecular formula is C21H23BrFN3O6. The van der Waals surface area contributed by atoms with Crippen molar-refractivity contribution in [1.29, 1.82) is 0 Å². The van der Waals surface area contributed by atoms with Crippen LogP contribution in [-0.2, 0) is 4.74 Å². The molecule has 0 saturated carbocycles. The van der Waals surface area contributed by atoms with E-state index >= 15 is 0 Å². The lowest BCUT2D eigenvalue weighted by Crippen LogP contribution is -2.44. The topological polar surface area (TPSA) is 111 Å². The van der Waals surface area contributed by atoms with E-state index in [2.05, 4.69) is 21.0 Å². The molecule has 0 spiro atoms. The van der Waals surface area contributed by atoms with Crippen molar-refractivity contribution in [3.8, 4) is 11.4 Å². The van der Waals surface area contributed by atoms with Crippen LogP contribution in [-0.4, -0.2) is 56.6 Å². The van der Waals surface area contributed by atoms with Crippen molar-refractivity contribution in [2.75, 3.05) is 13.1 Å². The predicted octanol–water partition coefficient (Wildman–Crippen LogP) is 3.61. The lowest BCUT2D eigenvalue weighted by molar-refractivity contribution is 0.0125. The quantitative estimate of drug-likeness (QED) is 0.667. The van der Waals surface area contributed by atoms with Crippen LogP contribution in [0.25, 0.3) is 5.69 Å². The minimum Gasteiger partial charge on any atom is -0.487 e. The van der Waals surface area contributed by atoms with Crippen LogP contribution in [0.5, 0.6) is 5.75 Å². The third kappa shape index (κ3) is 5.64. The largest absolute Gasteiger partial charge is 0.487 e. The molecule has 9 nitrogen and oxygen atoms in total. The Balaban J connectivity index is 1.77. The number of piperidine rings is 1. The third-order valence-corrected chi connectivity index (χ3v) is 5.28. The maximum Gasteiger partial charge on any atom is 0.410 e. The SMILES string of the molecule is CC(C)(C)OC(=O)N1CCC(Oc2cc(=O)n(-c3ccc(Br)c(F)c3)nc2C(=O)O)CC1. The Morgan fingerprint density at radius 2 is 1.88 bits per heavy atom. The Morgan fingerprint density at radius 3 is 2.44 bits per heavy atom. The number of rotatable bonds is 4. The molecule has 1 fully saturated rings. The number of ether oxygens (including phenoxy) is 2. The summed E-state index contributed by atoms with van der Waals surface area (Å²) < 4.78 is 26.0. The first-order valence-corrected chi connectivity index (χ1v) is 10.7. The minimum atomic E-state index is -1.39. The number of halogens is 2. The van der Waals surface area contributed by atoms with Gasteiger partial charge in [0.05, 0.1) is 16.2 Å². The van der Waals surface area contributed by atoms with E-state index in [4.69, 9.17) is 9.47 Å². The molecule has 0 bridgehead atoms. The number of carboxylic acid groups (broad SMARTS) is 1. The molecule has 1 amide bonds. The van der Waals surface area contributed by atoms with Gasteiger partial charge in [0.1, 0.15) is 17.5 Å². The van der Waals surface area contributed by atoms with E-state index in [0.717, 1.165) is 16.8 Å². The van der Waals surface area contributed by atoms with Crippen LogP contribution in [0, 0.1) is 5.82 Å². The second-order valence-electron chi connectivity index (χ2n) is 8.30. The zero-order chi connectivity index (χ0) is 23.6. The van der Waals surface area contributed by atoms with E-state index in [1.807, 2.05) is 0 Å². The van der Waals surface area contributed by atoms with Gasteiger partial charge in [0, 0.05) is 32.0 Å². The van der Waals surface area contributed by atoms with Gasteiger partial charge in [0.2, 0.25) is 5.69 Å². The number of aromatic carboxylic acids is 1. The smallest absolute Gasteiger partial charge is 0.410 e. The molecule has 0 radical (unpaired) electrons. The van der Waals surface area contributed by atoms with Gasteiger partial charge >= 0.3 is 12.1 Å². The number of carboxylic acids is 1. The summed E-state index contributed by atoms with van der Waals surface area (Å²) in [6, 6.07) is 4.91. The van der Waals surface area contributed by atoms with Crippen LogP contribution in [0.4, 0.5) is 9.18 Å². The predicted molar refractivity (Wildman–Crippen MR) is 116 cm³/mol. The molecule has 32 heavy (non-hydrogen) atoms. The number of aromatic nitrogens is 2. The molecule has 172 valence electrons. The van der Waals surface area contributed by atoms with Crippen LogP contribution in [0.2, 0.25) is 0 Å². The normalized spacial score (nSPS) is 14.8. The molecule has 0 aliphatic carbocycles. The van der Waals surface area contributed by atoms with Crippen LogP contribution >= 0.6 is 15.9 Å². The lowest BCUT2D eigenvalue weighted by Gasteiger charge is -2.33. The van der Waals surface area contributed by atoms with E-state index < -0.39 is 40.8 Å². The van der Waals surface area contributed by atoms with Crippen LogP contribution in [0.15, 0.2) is 33.5 Å². The molecule has 11 heteroatoms. The van der Waals surface area contributed by atoms with Crippen LogP contribution in [0.1, 0.15) is 44.1 Å². The van der Waals surface area contributed by atoms with Crippen molar-refractivity contribution in [3.05, 3.63) is 50.6 Å². The van der Waals surface area contributed by atoms with Crippen LogP contribution in [0.3, 0.4) is 0 Å². The second-order valence-corrected chi connectivity index (χ2v) is 9.15. The monoisotopic (exact) mass is 511 g/mol. The zero-order valence-corrected chi connectivity index (χ0v) is 19.4. The molecule has 1 aliphatic heterocycles. The summed E-state index contributed by atoms with van der Waals surface area (Å²) in [7, 11) is 0. The summed E-state index contributed by atoms with van der Waals surface area (Å²) in [6.07, 6.45) is 0.0284. The highest BCUT2D eigenvalue weighted by Gasteiger charge is 2.29. The summed E-state index contributed by atoms with van der Waals surface area (Å²) in [5, 5.41) is 13.4. The van der Waals surface area contributed by atoms with Crippen LogP contribution < -0.4 is 10.3 Å². The summed E-state index contributed by atoms with van der Waals surface area (Å²) in [5.41, 5.74) is -1.66. The molecule has 2 heterocycles. The number of benzene rings is 1. The van der Waals surface area contributed by atoms with E-state index in [1.54, 1.807) is 25.7 Å². The van der Waals surface area contributed by atoms with E-state index in [0.29, 0.717) is 25.9 Å². The number of amides is 1. The van der Waals surface area contributed by atoms with Crippen molar-refractivity contribution in [2.24, 2.45) is 0 Å². The average molecular weight is 512 g/mol. The Bertz CT molecular complexity index is 1090. The van der Waals surface area contributed by atoms with Gasteiger partial charge in [-0.1, -0.05) is 0 Å². The van der Waals surface area contributed by atoms with Crippen molar-refractivity contribution in [2.45, 2.75) is 45.3 Å². The maximum absolute atomic E-state index is 13.9. The number of carbonyl (C=O) groups is 2. The van der Waals surface area contributed by atoms with E-state index in [1.165, 1.54) is 12.1 Å². The highest BCUT2D eigenvalue weighted by molar-refractivity contribution is 9.10. The number of carbonyl (C=O) groups excluding carboxylic acids is 1. The molecule has 1 aromatic carbocycles. The molecule has 1 N–H and O–H groups in total. The summed E-state index contributed by atoms with van der Waals surface area (Å²) in [6.45, 7) is 6.08. The molecular weight excluding hydrogens is 489 g/mol. The fourth-order valence-electron chi connectivity index (χ4n) is 3.14. The van der Waals surface area contributed by atoms with Crippen molar-refractivity contribution in [1.82, 2.24) is 14.7 Å². The van der Waals surface area contributed by atoms with Gasteiger partial charge in [-0.3, -0.25) is 4.79 Å². The Hall–Kier alpha value is -2.95. The number of hydrogen-bond donors (Lipinski definition) is 1. The van der Waals surface area contributed by atoms with Gasteiger partial charge in [0.25, 0.3) is 5.56 Å². The fourth-order valence-corrected chi connectivity index (χ4v) is 3.39. The van der Waals surface area contributed by atoms with Crippen molar-refractivity contribution < 1.29 is 28.6 Å². The second kappa shape index (κ2) is 9.27. The molecule has 0 atom stereocenters. The molecule has 3 rings (SSSR count). The summed E-state index contributed by atoms with van der Waals surface area (Å²) in [5.74, 6) is -2.19. The Kier molecular flexibility index (Phi) is 6.87. The van der Waals surface area contributed by atoms with Gasteiger partial charge in [-0.25, -0.2) is 14.0 Å². The third-order valence-electron chi connectivity index (χ3n) is 4.63. The Morgan fingerprint density at radius 1 is 1.22 bits per heavy atom. The van der Waals surface area contributed by atoms with Gasteiger partial charge in [0.15, 0.2) is 5.75 Å². The van der Waals surface area contributed by atoms with E-state index in [9.17, 15) is 23.9 Å². The standard InChI is InChI=1S/C21H23BrFN3O6/c1-21(2,3)32-20(30)25-8-6-13(7-9-25)31-16-11-17(27)26(24-18(16)19(28)29)12-4-5-14(22)15(23)10-12/h4-5,10-11,13H,6-9H2,1-3H3,(H,28,29).